The molecule has 0 unspecified atom stereocenters. The lowest BCUT2D eigenvalue weighted by atomic mass is 10.3. The second-order valence-electron chi connectivity index (χ2n) is 5.29. The average molecular weight is 423 g/mol. The third-order valence-electron chi connectivity index (χ3n) is 3.74. The van der Waals surface area contributed by atoms with Crippen molar-refractivity contribution in [3.8, 4) is 0 Å². The quantitative estimate of drug-likeness (QED) is 0.571. The van der Waals surface area contributed by atoms with Crippen molar-refractivity contribution in [3.63, 3.8) is 0 Å². The molecule has 1 aromatic carbocycles. The van der Waals surface area contributed by atoms with Gasteiger partial charge in [-0.3, -0.25) is 9.48 Å². The first kappa shape index (κ1) is 18.0. The van der Waals surface area contributed by atoms with Gasteiger partial charge in [0.1, 0.15) is 5.69 Å². The Labute approximate surface area is 157 Å². The zero-order valence-electron chi connectivity index (χ0n) is 14.1. The van der Waals surface area contributed by atoms with E-state index < -0.39 is 0 Å². The van der Waals surface area contributed by atoms with Crippen molar-refractivity contribution in [3.05, 3.63) is 45.4 Å². The topological polar surface area (TPSA) is 61.4 Å². The number of carbonyl (C=O) groups is 1. The molecule has 0 saturated heterocycles. The van der Waals surface area contributed by atoms with Crippen molar-refractivity contribution in [2.45, 2.75) is 26.9 Å². The van der Waals surface area contributed by atoms with Crippen molar-refractivity contribution in [2.24, 2.45) is 4.99 Å². The maximum atomic E-state index is 12.6. The third-order valence-corrected chi connectivity index (χ3v) is 5.27. The lowest BCUT2D eigenvalue weighted by Crippen LogP contribution is -2.20. The van der Waals surface area contributed by atoms with E-state index in [-0.39, 0.29) is 5.91 Å². The zero-order chi connectivity index (χ0) is 17.8. The SMILES string of the molecule is CCOCCn1c(=NC(=O)c2ccnn2CC)sc2cc(Br)ccc21. The largest absolute Gasteiger partial charge is 0.380 e. The number of fused-ring (bicyclic) bond motifs is 1. The maximum absolute atomic E-state index is 12.6. The number of benzene rings is 1. The monoisotopic (exact) mass is 422 g/mol. The Kier molecular flexibility index (Phi) is 5.82. The summed E-state index contributed by atoms with van der Waals surface area (Å²) in [6.45, 7) is 6.43. The normalized spacial score (nSPS) is 12.2. The van der Waals surface area contributed by atoms with Crippen LogP contribution in [0.2, 0.25) is 0 Å². The molecule has 3 rings (SSSR count). The molecule has 8 heteroatoms. The molecule has 3 aromatic rings. The summed E-state index contributed by atoms with van der Waals surface area (Å²) in [5.74, 6) is -0.282. The number of thiazole rings is 1. The van der Waals surface area contributed by atoms with Gasteiger partial charge in [-0.15, -0.1) is 0 Å². The van der Waals surface area contributed by atoms with Gasteiger partial charge in [0.2, 0.25) is 0 Å². The number of nitrogens with zero attached hydrogens (tertiary/aromatic N) is 4. The van der Waals surface area contributed by atoms with E-state index in [4.69, 9.17) is 4.74 Å². The van der Waals surface area contributed by atoms with Gasteiger partial charge in [0, 0.05) is 30.4 Å². The number of aromatic nitrogens is 3. The fourth-order valence-corrected chi connectivity index (χ4v) is 4.17. The van der Waals surface area contributed by atoms with Crippen LogP contribution in [0.3, 0.4) is 0 Å². The van der Waals surface area contributed by atoms with Crippen molar-refractivity contribution in [2.75, 3.05) is 13.2 Å². The zero-order valence-corrected chi connectivity index (χ0v) is 16.5. The summed E-state index contributed by atoms with van der Waals surface area (Å²) >= 11 is 4.99. The summed E-state index contributed by atoms with van der Waals surface area (Å²) in [5, 5.41) is 4.14. The predicted octanol–water partition coefficient (Wildman–Crippen LogP) is 3.46. The van der Waals surface area contributed by atoms with Crippen LogP contribution in [0, 0.1) is 0 Å². The van der Waals surface area contributed by atoms with E-state index in [1.165, 1.54) is 11.3 Å². The maximum Gasteiger partial charge on any atom is 0.297 e. The Balaban J connectivity index is 2.07. The molecule has 0 bridgehead atoms. The minimum absolute atomic E-state index is 0.282. The van der Waals surface area contributed by atoms with Gasteiger partial charge >= 0.3 is 0 Å². The molecule has 0 aliphatic carbocycles. The van der Waals surface area contributed by atoms with Crippen LogP contribution in [0.1, 0.15) is 24.3 Å². The van der Waals surface area contributed by atoms with Crippen LogP contribution in [-0.2, 0) is 17.8 Å². The molecular formula is C17H19BrN4O2S. The van der Waals surface area contributed by atoms with Gasteiger partial charge in [0.15, 0.2) is 4.80 Å². The highest BCUT2D eigenvalue weighted by atomic mass is 79.9. The smallest absolute Gasteiger partial charge is 0.297 e. The lowest BCUT2D eigenvalue weighted by Gasteiger charge is -2.05. The highest BCUT2D eigenvalue weighted by Gasteiger charge is 2.12. The molecule has 2 heterocycles. The number of halogens is 1. The Bertz CT molecular complexity index is 957. The summed E-state index contributed by atoms with van der Waals surface area (Å²) in [6.07, 6.45) is 1.62. The van der Waals surface area contributed by atoms with Gasteiger partial charge in [-0.1, -0.05) is 27.3 Å². The number of amides is 1. The van der Waals surface area contributed by atoms with Gasteiger partial charge in [0.05, 0.1) is 16.8 Å². The second kappa shape index (κ2) is 8.07. The Morgan fingerprint density at radius 1 is 1.36 bits per heavy atom. The number of hydrogen-bond donors (Lipinski definition) is 0. The number of rotatable bonds is 6. The number of carbonyl (C=O) groups excluding carboxylic acids is 1. The van der Waals surface area contributed by atoms with E-state index in [2.05, 4.69) is 26.0 Å². The number of hydrogen-bond acceptors (Lipinski definition) is 4. The minimum Gasteiger partial charge on any atom is -0.380 e. The van der Waals surface area contributed by atoms with Crippen LogP contribution in [0.4, 0.5) is 0 Å². The fraction of sp³-hybridized carbons (Fsp3) is 0.353. The highest BCUT2D eigenvalue weighted by molar-refractivity contribution is 9.10. The molecule has 25 heavy (non-hydrogen) atoms. The van der Waals surface area contributed by atoms with Gasteiger partial charge in [-0.25, -0.2) is 0 Å². The van der Waals surface area contributed by atoms with E-state index >= 15 is 0 Å². The number of aryl methyl sites for hydroxylation is 1. The van der Waals surface area contributed by atoms with E-state index in [1.807, 2.05) is 36.6 Å². The second-order valence-corrected chi connectivity index (χ2v) is 7.22. The molecule has 132 valence electrons. The highest BCUT2D eigenvalue weighted by Crippen LogP contribution is 2.22. The van der Waals surface area contributed by atoms with Crippen LogP contribution >= 0.6 is 27.3 Å². The van der Waals surface area contributed by atoms with Gasteiger partial charge in [-0.05, 0) is 38.1 Å². The Morgan fingerprint density at radius 3 is 2.96 bits per heavy atom. The predicted molar refractivity (Wildman–Crippen MR) is 102 cm³/mol. The molecule has 0 aliphatic heterocycles. The standard InChI is InChI=1S/C17H19BrN4O2S/c1-3-22-14(7-8-19-22)16(23)20-17-21(9-10-24-4-2)13-6-5-12(18)11-15(13)25-17/h5-8,11H,3-4,9-10H2,1-2H3. The first-order valence-electron chi connectivity index (χ1n) is 8.11. The van der Waals surface area contributed by atoms with Gasteiger partial charge < -0.3 is 9.30 Å². The van der Waals surface area contributed by atoms with Crippen molar-refractivity contribution in [1.29, 1.82) is 0 Å². The lowest BCUT2D eigenvalue weighted by molar-refractivity contribution is 0.0986. The van der Waals surface area contributed by atoms with E-state index in [1.54, 1.807) is 16.9 Å². The van der Waals surface area contributed by atoms with Crippen LogP contribution in [0.25, 0.3) is 10.2 Å². The molecule has 6 nitrogen and oxygen atoms in total. The molecule has 2 aromatic heterocycles. The molecule has 0 fully saturated rings. The van der Waals surface area contributed by atoms with E-state index in [9.17, 15) is 4.79 Å². The molecule has 0 N–H and O–H groups in total. The molecule has 0 spiro atoms. The molecular weight excluding hydrogens is 404 g/mol. The van der Waals surface area contributed by atoms with Gasteiger partial charge in [0.25, 0.3) is 5.91 Å². The first-order chi connectivity index (χ1) is 12.1. The summed E-state index contributed by atoms with van der Waals surface area (Å²) in [6, 6.07) is 7.76. The van der Waals surface area contributed by atoms with Crippen molar-refractivity contribution < 1.29 is 9.53 Å². The van der Waals surface area contributed by atoms with Crippen LogP contribution < -0.4 is 4.80 Å². The number of ether oxygens (including phenoxy) is 1. The van der Waals surface area contributed by atoms with Crippen LogP contribution in [0.5, 0.6) is 0 Å². The molecule has 0 atom stereocenters. The summed E-state index contributed by atoms with van der Waals surface area (Å²) in [7, 11) is 0. The molecule has 0 saturated carbocycles. The third kappa shape index (κ3) is 3.91. The minimum atomic E-state index is -0.282. The Morgan fingerprint density at radius 2 is 2.20 bits per heavy atom. The Hall–Kier alpha value is -1.77. The first-order valence-corrected chi connectivity index (χ1v) is 9.72. The fourth-order valence-electron chi connectivity index (χ4n) is 2.56. The summed E-state index contributed by atoms with van der Waals surface area (Å²) in [5.41, 5.74) is 1.54. The van der Waals surface area contributed by atoms with Crippen LogP contribution in [-0.4, -0.2) is 33.5 Å². The van der Waals surface area contributed by atoms with Crippen molar-refractivity contribution in [1.82, 2.24) is 14.3 Å². The molecule has 0 aliphatic rings. The van der Waals surface area contributed by atoms with Crippen LogP contribution in [0.15, 0.2) is 39.9 Å². The molecule has 0 radical (unpaired) electrons. The van der Waals surface area contributed by atoms with E-state index in [0.29, 0.717) is 36.8 Å². The van der Waals surface area contributed by atoms with Gasteiger partial charge in [-0.2, -0.15) is 10.1 Å². The molecule has 1 amide bonds. The van der Waals surface area contributed by atoms with Crippen molar-refractivity contribution >= 4 is 43.4 Å². The average Bonchev–Trinajstić information content (AvgIpc) is 3.19. The van der Waals surface area contributed by atoms with E-state index in [0.717, 1.165) is 14.7 Å². The summed E-state index contributed by atoms with van der Waals surface area (Å²) in [4.78, 5) is 17.6. The summed E-state index contributed by atoms with van der Waals surface area (Å²) < 4.78 is 11.2.